The molecule has 0 spiro atoms. The van der Waals surface area contributed by atoms with Gasteiger partial charge in [0.1, 0.15) is 5.69 Å². The minimum atomic E-state index is -0.710. The van der Waals surface area contributed by atoms with Gasteiger partial charge in [0.05, 0.1) is 0 Å². The van der Waals surface area contributed by atoms with E-state index in [9.17, 15) is 14.4 Å². The molecule has 0 bridgehead atoms. The molecule has 2 heterocycles. The van der Waals surface area contributed by atoms with E-state index in [1.165, 1.54) is 11.6 Å². The van der Waals surface area contributed by atoms with Crippen molar-refractivity contribution in [1.82, 2.24) is 9.47 Å². The van der Waals surface area contributed by atoms with Crippen LogP contribution in [-0.2, 0) is 16.6 Å². The van der Waals surface area contributed by atoms with Crippen LogP contribution in [0.3, 0.4) is 0 Å². The number of fused-ring (bicyclic) bond motifs is 1. The van der Waals surface area contributed by atoms with Crippen LogP contribution in [0, 0.1) is 0 Å². The van der Waals surface area contributed by atoms with Crippen molar-refractivity contribution >= 4 is 34.2 Å². The van der Waals surface area contributed by atoms with Crippen LogP contribution in [-0.4, -0.2) is 41.0 Å². The van der Waals surface area contributed by atoms with Gasteiger partial charge in [-0.2, -0.15) is 0 Å². The van der Waals surface area contributed by atoms with E-state index >= 15 is 0 Å². The summed E-state index contributed by atoms with van der Waals surface area (Å²) in [5, 5.41) is 1.70. The molecule has 6 nitrogen and oxygen atoms in total. The summed E-state index contributed by atoms with van der Waals surface area (Å²) in [7, 11) is 1.53. The highest BCUT2D eigenvalue weighted by atomic mass is 35.5. The second-order valence-corrected chi connectivity index (χ2v) is 7.74. The van der Waals surface area contributed by atoms with Gasteiger partial charge in [0.15, 0.2) is 6.61 Å². The maximum atomic E-state index is 13.1. The van der Waals surface area contributed by atoms with E-state index < -0.39 is 5.97 Å². The largest absolute Gasteiger partial charge is 0.451 e. The average Bonchev–Trinajstić information content (AvgIpc) is 3.30. The second-order valence-electron chi connectivity index (χ2n) is 7.30. The first-order chi connectivity index (χ1) is 14.5. The fourth-order valence-corrected chi connectivity index (χ4v) is 3.99. The van der Waals surface area contributed by atoms with Crippen LogP contribution in [0.5, 0.6) is 0 Å². The lowest BCUT2D eigenvalue weighted by Gasteiger charge is -2.18. The number of carbonyl (C=O) groups is 2. The summed E-state index contributed by atoms with van der Waals surface area (Å²) in [6.45, 7) is 1.02. The van der Waals surface area contributed by atoms with Crippen molar-refractivity contribution in [3.8, 4) is 11.1 Å². The Morgan fingerprint density at radius 3 is 2.30 bits per heavy atom. The molecule has 0 atom stereocenters. The predicted molar refractivity (Wildman–Crippen MR) is 116 cm³/mol. The number of nitrogens with zero attached hydrogens (tertiary/aromatic N) is 2. The SMILES string of the molecule is Cn1c(C(=O)OCC(=O)N2CCCC2)c(-c2ccc(Cl)cc2)c2ccccc2c1=O. The summed E-state index contributed by atoms with van der Waals surface area (Å²) in [6, 6.07) is 14.2. The predicted octanol–water partition coefficient (Wildman–Crippen LogP) is 3.64. The van der Waals surface area contributed by atoms with Crippen LogP contribution in [0.4, 0.5) is 0 Å². The maximum Gasteiger partial charge on any atom is 0.356 e. The number of amides is 1. The molecule has 3 aromatic rings. The highest BCUT2D eigenvalue weighted by Crippen LogP contribution is 2.31. The molecular formula is C23H21ClN2O4. The monoisotopic (exact) mass is 424 g/mol. The van der Waals surface area contributed by atoms with Crippen LogP contribution in [0.15, 0.2) is 53.3 Å². The van der Waals surface area contributed by atoms with E-state index in [-0.39, 0.29) is 23.8 Å². The lowest BCUT2D eigenvalue weighted by atomic mass is 9.97. The normalized spacial score (nSPS) is 13.6. The van der Waals surface area contributed by atoms with Crippen molar-refractivity contribution < 1.29 is 14.3 Å². The Bertz CT molecular complexity index is 1180. The number of hydrogen-bond donors (Lipinski definition) is 0. The second kappa shape index (κ2) is 8.32. The molecule has 0 saturated carbocycles. The quantitative estimate of drug-likeness (QED) is 0.599. The van der Waals surface area contributed by atoms with Crippen LogP contribution in [0.2, 0.25) is 5.02 Å². The molecule has 0 aliphatic carbocycles. The summed E-state index contributed by atoms with van der Waals surface area (Å²) in [5.74, 6) is -0.933. The molecule has 4 rings (SSSR count). The number of pyridine rings is 1. The Labute approximate surface area is 178 Å². The van der Waals surface area contributed by atoms with Gasteiger partial charge < -0.3 is 14.2 Å². The summed E-state index contributed by atoms with van der Waals surface area (Å²) in [6.07, 6.45) is 1.92. The summed E-state index contributed by atoms with van der Waals surface area (Å²) in [5.41, 5.74) is 1.10. The first-order valence-corrected chi connectivity index (χ1v) is 10.2. The Kier molecular flexibility index (Phi) is 5.59. The smallest absolute Gasteiger partial charge is 0.356 e. The van der Waals surface area contributed by atoms with Gasteiger partial charge in [-0.25, -0.2) is 4.79 Å². The Balaban J connectivity index is 1.79. The zero-order valence-electron chi connectivity index (χ0n) is 16.6. The summed E-state index contributed by atoms with van der Waals surface area (Å²) < 4.78 is 6.64. The topological polar surface area (TPSA) is 68.6 Å². The number of rotatable bonds is 4. The Hall–Kier alpha value is -3.12. The summed E-state index contributed by atoms with van der Waals surface area (Å²) >= 11 is 6.03. The molecule has 1 saturated heterocycles. The highest BCUT2D eigenvalue weighted by molar-refractivity contribution is 6.30. The van der Waals surface area contributed by atoms with Crippen molar-refractivity contribution in [2.75, 3.05) is 19.7 Å². The summed E-state index contributed by atoms with van der Waals surface area (Å²) in [4.78, 5) is 40.0. The van der Waals surface area contributed by atoms with E-state index in [0.717, 1.165) is 18.4 Å². The molecule has 1 fully saturated rings. The number of aromatic nitrogens is 1. The molecule has 1 amide bonds. The fraction of sp³-hybridized carbons (Fsp3) is 0.261. The number of halogens is 1. The van der Waals surface area contributed by atoms with E-state index in [4.69, 9.17) is 16.3 Å². The van der Waals surface area contributed by atoms with Gasteiger partial charge in [0.2, 0.25) is 0 Å². The molecule has 1 aliphatic rings. The van der Waals surface area contributed by atoms with Crippen LogP contribution in [0.1, 0.15) is 23.3 Å². The molecule has 7 heteroatoms. The van der Waals surface area contributed by atoms with Gasteiger partial charge in [-0.3, -0.25) is 9.59 Å². The number of esters is 1. The zero-order chi connectivity index (χ0) is 21.3. The van der Waals surface area contributed by atoms with E-state index in [1.54, 1.807) is 47.4 Å². The number of benzene rings is 2. The molecule has 0 N–H and O–H groups in total. The average molecular weight is 425 g/mol. The molecular weight excluding hydrogens is 404 g/mol. The molecule has 30 heavy (non-hydrogen) atoms. The lowest BCUT2D eigenvalue weighted by Crippen LogP contribution is -2.33. The minimum absolute atomic E-state index is 0.107. The van der Waals surface area contributed by atoms with Gasteiger partial charge in [-0.05, 0) is 42.0 Å². The Morgan fingerprint density at radius 2 is 1.63 bits per heavy atom. The molecule has 1 aromatic heterocycles. The number of hydrogen-bond acceptors (Lipinski definition) is 4. The molecule has 0 radical (unpaired) electrons. The van der Waals surface area contributed by atoms with Gasteiger partial charge in [0, 0.05) is 36.1 Å². The van der Waals surface area contributed by atoms with Crippen LogP contribution < -0.4 is 5.56 Å². The van der Waals surface area contributed by atoms with Crippen molar-refractivity contribution in [1.29, 1.82) is 0 Å². The van der Waals surface area contributed by atoms with Crippen molar-refractivity contribution in [2.45, 2.75) is 12.8 Å². The third kappa shape index (κ3) is 3.71. The van der Waals surface area contributed by atoms with Gasteiger partial charge in [0.25, 0.3) is 11.5 Å². The van der Waals surface area contributed by atoms with Gasteiger partial charge >= 0.3 is 5.97 Å². The standard InChI is InChI=1S/C23H21ClN2O4/c1-25-21(23(29)30-14-19(27)26-12-4-5-13-26)20(15-8-10-16(24)11-9-15)17-6-2-3-7-18(17)22(25)28/h2-3,6-11H,4-5,12-14H2,1H3. The minimum Gasteiger partial charge on any atom is -0.451 e. The molecule has 1 aliphatic heterocycles. The van der Waals surface area contributed by atoms with Crippen LogP contribution in [0.25, 0.3) is 21.9 Å². The van der Waals surface area contributed by atoms with E-state index in [2.05, 4.69) is 0 Å². The van der Waals surface area contributed by atoms with Crippen molar-refractivity contribution in [3.63, 3.8) is 0 Å². The fourth-order valence-electron chi connectivity index (χ4n) is 3.87. The van der Waals surface area contributed by atoms with Crippen molar-refractivity contribution in [2.24, 2.45) is 7.05 Å². The van der Waals surface area contributed by atoms with E-state index in [1.807, 2.05) is 6.07 Å². The highest BCUT2D eigenvalue weighted by Gasteiger charge is 2.25. The molecule has 154 valence electrons. The molecule has 0 unspecified atom stereocenters. The lowest BCUT2D eigenvalue weighted by molar-refractivity contribution is -0.133. The van der Waals surface area contributed by atoms with Crippen molar-refractivity contribution in [3.05, 3.63) is 69.6 Å². The maximum absolute atomic E-state index is 13.1. The number of carbonyl (C=O) groups excluding carboxylic acids is 2. The van der Waals surface area contributed by atoms with Crippen LogP contribution >= 0.6 is 11.6 Å². The third-order valence-corrected chi connectivity index (χ3v) is 5.67. The zero-order valence-corrected chi connectivity index (χ0v) is 17.3. The third-order valence-electron chi connectivity index (χ3n) is 5.42. The molecule has 2 aromatic carbocycles. The van der Waals surface area contributed by atoms with Gasteiger partial charge in [-0.15, -0.1) is 0 Å². The first kappa shape index (κ1) is 20.2. The number of ether oxygens (including phenoxy) is 1. The van der Waals surface area contributed by atoms with E-state index in [0.29, 0.717) is 34.4 Å². The van der Waals surface area contributed by atoms with Gasteiger partial charge in [-0.1, -0.05) is 41.9 Å². The number of likely N-dealkylation sites (tertiary alicyclic amines) is 1. The first-order valence-electron chi connectivity index (χ1n) is 9.80. The Morgan fingerprint density at radius 1 is 1.00 bits per heavy atom.